The van der Waals surface area contributed by atoms with E-state index < -0.39 is 0 Å². The monoisotopic (exact) mass is 279 g/mol. The highest BCUT2D eigenvalue weighted by Gasteiger charge is 2.42. The van der Waals surface area contributed by atoms with E-state index in [1.165, 1.54) is 42.2 Å². The van der Waals surface area contributed by atoms with Crippen molar-refractivity contribution in [3.05, 3.63) is 54.7 Å². The van der Waals surface area contributed by atoms with Gasteiger partial charge in [0.2, 0.25) is 0 Å². The van der Waals surface area contributed by atoms with Crippen LogP contribution >= 0.6 is 0 Å². The quantitative estimate of drug-likeness (QED) is 0.709. The summed E-state index contributed by atoms with van der Waals surface area (Å²) < 4.78 is 0. The minimum absolute atomic E-state index is 0.582. The predicted octanol–water partition coefficient (Wildman–Crippen LogP) is 5.98. The first kappa shape index (κ1) is 14.2. The Kier molecular flexibility index (Phi) is 3.75. The molecular weight excluding hydrogens is 254 g/mol. The molecule has 1 nitrogen and oxygen atoms in total. The molecule has 2 aromatic rings. The van der Waals surface area contributed by atoms with Crippen LogP contribution in [-0.4, -0.2) is 0 Å². The van der Waals surface area contributed by atoms with Gasteiger partial charge in [-0.05, 0) is 47.1 Å². The standard InChI is InChI=1S/C20H25N/c1-4-20(5-2)13-18(14-20)15(3)21-19-11-10-16-8-6-7-9-17(16)12-19/h6-12,18,21H,3-5,13-14H2,1-2H3. The topological polar surface area (TPSA) is 12.0 Å². The largest absolute Gasteiger partial charge is 0.359 e. The number of hydrogen-bond acceptors (Lipinski definition) is 1. The lowest BCUT2D eigenvalue weighted by molar-refractivity contribution is 0.0676. The van der Waals surface area contributed by atoms with E-state index >= 15 is 0 Å². The molecule has 1 N–H and O–H groups in total. The molecule has 0 heterocycles. The molecule has 110 valence electrons. The second-order valence-electron chi connectivity index (χ2n) is 6.52. The van der Waals surface area contributed by atoms with Crippen molar-refractivity contribution >= 4 is 16.5 Å². The molecule has 0 saturated heterocycles. The van der Waals surface area contributed by atoms with E-state index in [-0.39, 0.29) is 0 Å². The van der Waals surface area contributed by atoms with Crippen LogP contribution in [-0.2, 0) is 0 Å². The zero-order chi connectivity index (χ0) is 14.9. The highest BCUT2D eigenvalue weighted by atomic mass is 14.9. The van der Waals surface area contributed by atoms with Crippen molar-refractivity contribution in [2.45, 2.75) is 39.5 Å². The first-order chi connectivity index (χ1) is 10.2. The van der Waals surface area contributed by atoms with Gasteiger partial charge in [-0.15, -0.1) is 0 Å². The summed E-state index contributed by atoms with van der Waals surface area (Å²) in [5.74, 6) is 0.636. The van der Waals surface area contributed by atoms with Crippen LogP contribution in [0.3, 0.4) is 0 Å². The minimum Gasteiger partial charge on any atom is -0.359 e. The highest BCUT2D eigenvalue weighted by Crippen LogP contribution is 2.52. The van der Waals surface area contributed by atoms with Gasteiger partial charge in [0.05, 0.1) is 0 Å². The molecule has 0 amide bonds. The van der Waals surface area contributed by atoms with Crippen molar-refractivity contribution in [3.63, 3.8) is 0 Å². The molecule has 1 saturated carbocycles. The fraction of sp³-hybridized carbons (Fsp3) is 0.400. The minimum atomic E-state index is 0.582. The molecule has 0 aliphatic heterocycles. The summed E-state index contributed by atoms with van der Waals surface area (Å²) in [6.45, 7) is 8.91. The van der Waals surface area contributed by atoms with E-state index in [1.807, 2.05) is 0 Å². The van der Waals surface area contributed by atoms with Crippen molar-refractivity contribution < 1.29 is 0 Å². The Hall–Kier alpha value is -1.76. The molecule has 0 unspecified atom stereocenters. The molecule has 1 fully saturated rings. The SMILES string of the molecule is C=C(Nc1ccc2ccccc2c1)C1CC(CC)(CC)C1. The zero-order valence-electron chi connectivity index (χ0n) is 13.2. The van der Waals surface area contributed by atoms with E-state index in [0.29, 0.717) is 11.3 Å². The number of nitrogens with one attached hydrogen (secondary N) is 1. The van der Waals surface area contributed by atoms with Crippen LogP contribution < -0.4 is 5.32 Å². The van der Waals surface area contributed by atoms with Gasteiger partial charge in [-0.1, -0.05) is 63.6 Å². The molecule has 3 rings (SSSR count). The molecule has 0 spiro atoms. The van der Waals surface area contributed by atoms with E-state index in [9.17, 15) is 0 Å². The van der Waals surface area contributed by atoms with Crippen LogP contribution in [0.2, 0.25) is 0 Å². The molecule has 21 heavy (non-hydrogen) atoms. The third kappa shape index (κ3) is 2.70. The van der Waals surface area contributed by atoms with E-state index in [1.54, 1.807) is 0 Å². The van der Waals surface area contributed by atoms with Crippen LogP contribution in [0.1, 0.15) is 39.5 Å². The zero-order valence-corrected chi connectivity index (χ0v) is 13.2. The van der Waals surface area contributed by atoms with Crippen LogP contribution in [0.5, 0.6) is 0 Å². The number of anilines is 1. The first-order valence-electron chi connectivity index (χ1n) is 8.10. The van der Waals surface area contributed by atoms with Gasteiger partial charge in [-0.25, -0.2) is 0 Å². The van der Waals surface area contributed by atoms with Gasteiger partial charge in [0.15, 0.2) is 0 Å². The number of fused-ring (bicyclic) bond motifs is 1. The Morgan fingerprint density at radius 1 is 1.10 bits per heavy atom. The van der Waals surface area contributed by atoms with Crippen LogP contribution in [0.15, 0.2) is 54.7 Å². The molecule has 0 atom stereocenters. The maximum absolute atomic E-state index is 4.28. The number of allylic oxidation sites excluding steroid dienone is 1. The number of hydrogen-bond donors (Lipinski definition) is 1. The maximum Gasteiger partial charge on any atom is 0.0388 e. The normalized spacial score (nSPS) is 17.4. The molecule has 0 bridgehead atoms. The Morgan fingerprint density at radius 2 is 1.76 bits per heavy atom. The summed E-state index contributed by atoms with van der Waals surface area (Å²) in [5, 5.41) is 6.09. The summed E-state index contributed by atoms with van der Waals surface area (Å²) in [6, 6.07) is 15.0. The second-order valence-corrected chi connectivity index (χ2v) is 6.52. The number of rotatable bonds is 5. The van der Waals surface area contributed by atoms with Gasteiger partial charge >= 0.3 is 0 Å². The lowest BCUT2D eigenvalue weighted by Gasteiger charge is -2.48. The Labute approximate surface area is 128 Å². The summed E-state index contributed by atoms with van der Waals surface area (Å²) >= 11 is 0. The Morgan fingerprint density at radius 3 is 2.43 bits per heavy atom. The van der Waals surface area contributed by atoms with Crippen LogP contribution in [0.4, 0.5) is 5.69 Å². The molecule has 1 aliphatic carbocycles. The summed E-state index contributed by atoms with van der Waals surface area (Å²) in [5.41, 5.74) is 2.92. The number of benzene rings is 2. The van der Waals surface area contributed by atoms with Crippen LogP contribution in [0, 0.1) is 11.3 Å². The molecular formula is C20H25N. The van der Waals surface area contributed by atoms with Crippen molar-refractivity contribution in [2.24, 2.45) is 11.3 Å². The van der Waals surface area contributed by atoms with Crippen molar-refractivity contribution in [1.29, 1.82) is 0 Å². The van der Waals surface area contributed by atoms with Crippen molar-refractivity contribution in [3.8, 4) is 0 Å². The predicted molar refractivity (Wildman–Crippen MR) is 92.4 cm³/mol. The molecule has 0 radical (unpaired) electrons. The lowest BCUT2D eigenvalue weighted by atomic mass is 9.58. The second kappa shape index (κ2) is 5.55. The van der Waals surface area contributed by atoms with Gasteiger partial charge in [0, 0.05) is 11.4 Å². The van der Waals surface area contributed by atoms with Gasteiger partial charge in [0.25, 0.3) is 0 Å². The summed E-state index contributed by atoms with van der Waals surface area (Å²) in [7, 11) is 0. The van der Waals surface area contributed by atoms with Crippen LogP contribution in [0.25, 0.3) is 10.8 Å². The smallest absolute Gasteiger partial charge is 0.0388 e. The first-order valence-corrected chi connectivity index (χ1v) is 8.10. The van der Waals surface area contributed by atoms with Gasteiger partial charge in [0.1, 0.15) is 0 Å². The van der Waals surface area contributed by atoms with Gasteiger partial charge in [-0.2, -0.15) is 0 Å². The summed E-state index contributed by atoms with van der Waals surface area (Å²) in [6.07, 6.45) is 5.17. The molecule has 1 heteroatoms. The van der Waals surface area contributed by atoms with Gasteiger partial charge in [-0.3, -0.25) is 0 Å². The fourth-order valence-corrected chi connectivity index (χ4v) is 3.61. The summed E-state index contributed by atoms with van der Waals surface area (Å²) in [4.78, 5) is 0. The third-order valence-corrected chi connectivity index (χ3v) is 5.41. The Bertz CT molecular complexity index is 644. The van der Waals surface area contributed by atoms with Gasteiger partial charge < -0.3 is 5.32 Å². The maximum atomic E-state index is 4.28. The van der Waals surface area contributed by atoms with Crippen molar-refractivity contribution in [2.75, 3.05) is 5.32 Å². The molecule has 2 aromatic carbocycles. The average molecular weight is 279 g/mol. The van der Waals surface area contributed by atoms with E-state index in [2.05, 4.69) is 68.2 Å². The average Bonchev–Trinajstić information content (AvgIpc) is 2.47. The fourth-order valence-electron chi connectivity index (χ4n) is 3.61. The molecule has 0 aromatic heterocycles. The Balaban J connectivity index is 1.67. The lowest BCUT2D eigenvalue weighted by Crippen LogP contribution is -2.38. The highest BCUT2D eigenvalue weighted by molar-refractivity contribution is 5.85. The van der Waals surface area contributed by atoms with E-state index in [4.69, 9.17) is 0 Å². The van der Waals surface area contributed by atoms with E-state index in [0.717, 1.165) is 5.69 Å². The van der Waals surface area contributed by atoms with Crippen molar-refractivity contribution in [1.82, 2.24) is 0 Å². The third-order valence-electron chi connectivity index (χ3n) is 5.41. The molecule has 1 aliphatic rings.